The Hall–Kier alpha value is -1.12. The average molecular weight is 259 g/mol. The van der Waals surface area contributed by atoms with Crippen molar-refractivity contribution in [3.05, 3.63) is 5.82 Å². The molecule has 7 nitrogen and oxygen atoms in total. The van der Waals surface area contributed by atoms with Gasteiger partial charge in [0.2, 0.25) is 0 Å². The molecule has 1 fully saturated rings. The van der Waals surface area contributed by atoms with Gasteiger partial charge in [-0.2, -0.15) is 0 Å². The first-order chi connectivity index (χ1) is 8.22. The smallest absolute Gasteiger partial charge is 0.313 e. The summed E-state index contributed by atoms with van der Waals surface area (Å²) in [7, 11) is 0. The zero-order chi connectivity index (χ0) is 12.3. The summed E-state index contributed by atoms with van der Waals surface area (Å²) in [6, 6.07) is 0.0865. The van der Waals surface area contributed by atoms with Crippen LogP contribution in [0.4, 0.5) is 0 Å². The number of hydrogen-bond acceptors (Lipinski definition) is 6. The van der Waals surface area contributed by atoms with E-state index in [1.54, 1.807) is 4.57 Å². The Balaban J connectivity index is 2.19. The van der Waals surface area contributed by atoms with Crippen LogP contribution in [0.3, 0.4) is 0 Å². The van der Waals surface area contributed by atoms with Gasteiger partial charge in [-0.3, -0.25) is 9.36 Å². The van der Waals surface area contributed by atoms with Crippen molar-refractivity contribution < 1.29 is 19.7 Å². The molecule has 0 saturated carbocycles. The van der Waals surface area contributed by atoms with Crippen molar-refractivity contribution in [1.82, 2.24) is 14.8 Å². The van der Waals surface area contributed by atoms with Gasteiger partial charge in [-0.05, 0) is 6.42 Å². The largest absolute Gasteiger partial charge is 0.481 e. The highest BCUT2D eigenvalue weighted by Crippen LogP contribution is 2.26. The second-order valence-corrected chi connectivity index (χ2v) is 4.57. The van der Waals surface area contributed by atoms with E-state index in [0.717, 1.165) is 18.2 Å². The molecule has 1 aromatic rings. The Morgan fingerprint density at radius 2 is 2.41 bits per heavy atom. The van der Waals surface area contributed by atoms with Crippen LogP contribution in [0.25, 0.3) is 0 Å². The fraction of sp³-hybridized carbons (Fsp3) is 0.667. The Morgan fingerprint density at radius 3 is 3.00 bits per heavy atom. The molecule has 0 spiro atoms. The van der Waals surface area contributed by atoms with Gasteiger partial charge in [0.1, 0.15) is 6.61 Å². The molecule has 0 bridgehead atoms. The van der Waals surface area contributed by atoms with Crippen LogP contribution in [0.5, 0.6) is 0 Å². The van der Waals surface area contributed by atoms with Gasteiger partial charge in [-0.25, -0.2) is 0 Å². The van der Waals surface area contributed by atoms with Crippen LogP contribution >= 0.6 is 11.8 Å². The molecule has 0 aliphatic carbocycles. The number of aliphatic hydroxyl groups is 1. The summed E-state index contributed by atoms with van der Waals surface area (Å²) in [5.41, 5.74) is 0. The summed E-state index contributed by atoms with van der Waals surface area (Å²) in [4.78, 5) is 10.5. The molecule has 2 rings (SSSR count). The van der Waals surface area contributed by atoms with Gasteiger partial charge in [0, 0.05) is 6.61 Å². The highest BCUT2D eigenvalue weighted by molar-refractivity contribution is 7.99. The number of carbonyl (C=O) groups is 1. The third-order valence-electron chi connectivity index (χ3n) is 2.47. The summed E-state index contributed by atoms with van der Waals surface area (Å²) < 4.78 is 7.06. The first-order valence-electron chi connectivity index (χ1n) is 5.19. The van der Waals surface area contributed by atoms with Crippen molar-refractivity contribution in [1.29, 1.82) is 0 Å². The minimum atomic E-state index is -0.905. The molecule has 94 valence electrons. The monoisotopic (exact) mass is 259 g/mol. The Kier molecular flexibility index (Phi) is 3.97. The third kappa shape index (κ3) is 2.76. The number of rotatable bonds is 5. The van der Waals surface area contributed by atoms with Gasteiger partial charge in [0.25, 0.3) is 0 Å². The summed E-state index contributed by atoms with van der Waals surface area (Å²) in [6.07, 6.45) is 0.825. The first-order valence-corrected chi connectivity index (χ1v) is 6.18. The summed E-state index contributed by atoms with van der Waals surface area (Å²) >= 11 is 1.10. The van der Waals surface area contributed by atoms with Crippen molar-refractivity contribution >= 4 is 17.7 Å². The standard InChI is InChI=1S/C9H13N3O4S/c13-3-7-10-11-9(17-5-8(14)15)12(7)6-1-2-16-4-6/h6,13H,1-5H2,(H,14,15). The molecule has 1 aliphatic heterocycles. The van der Waals surface area contributed by atoms with Crippen LogP contribution in [0.1, 0.15) is 18.3 Å². The van der Waals surface area contributed by atoms with E-state index in [-0.39, 0.29) is 18.4 Å². The number of carboxylic acid groups (broad SMARTS) is 1. The van der Waals surface area contributed by atoms with Crippen LogP contribution in [0, 0.1) is 0 Å². The van der Waals surface area contributed by atoms with Crippen LogP contribution in [-0.4, -0.2) is 49.9 Å². The Bertz CT molecular complexity index is 403. The van der Waals surface area contributed by atoms with Crippen LogP contribution in [0.2, 0.25) is 0 Å². The van der Waals surface area contributed by atoms with Gasteiger partial charge in [-0.1, -0.05) is 11.8 Å². The molecule has 0 radical (unpaired) electrons. The summed E-state index contributed by atoms with van der Waals surface area (Å²) in [6.45, 7) is 1.000. The van der Waals surface area contributed by atoms with Crippen molar-refractivity contribution in [2.45, 2.75) is 24.2 Å². The zero-order valence-corrected chi connectivity index (χ0v) is 9.89. The highest BCUT2D eigenvalue weighted by Gasteiger charge is 2.24. The zero-order valence-electron chi connectivity index (χ0n) is 9.07. The van der Waals surface area contributed by atoms with E-state index >= 15 is 0 Å². The molecule has 0 aromatic carbocycles. The number of aromatic nitrogens is 3. The number of ether oxygens (including phenoxy) is 1. The van der Waals surface area contributed by atoms with Crippen LogP contribution in [0.15, 0.2) is 5.16 Å². The van der Waals surface area contributed by atoms with Crippen LogP contribution in [-0.2, 0) is 16.1 Å². The summed E-state index contributed by atoms with van der Waals surface area (Å²) in [5.74, 6) is -0.525. The Labute approximate surface area is 102 Å². The lowest BCUT2D eigenvalue weighted by Gasteiger charge is -2.14. The van der Waals surface area contributed by atoms with E-state index in [9.17, 15) is 9.90 Å². The van der Waals surface area contributed by atoms with Crippen molar-refractivity contribution in [2.24, 2.45) is 0 Å². The number of thioether (sulfide) groups is 1. The molecule has 1 saturated heterocycles. The minimum Gasteiger partial charge on any atom is -0.481 e. The summed E-state index contributed by atoms with van der Waals surface area (Å²) in [5, 5.41) is 26.1. The van der Waals surface area contributed by atoms with Gasteiger partial charge >= 0.3 is 5.97 Å². The average Bonchev–Trinajstić information content (AvgIpc) is 2.94. The molecule has 1 aliphatic rings. The molecule has 1 aromatic heterocycles. The molecule has 1 atom stereocenters. The lowest BCUT2D eigenvalue weighted by atomic mass is 10.2. The second kappa shape index (κ2) is 5.48. The maximum atomic E-state index is 10.5. The number of nitrogens with zero attached hydrogens (tertiary/aromatic N) is 3. The molecule has 8 heteroatoms. The lowest BCUT2D eigenvalue weighted by molar-refractivity contribution is -0.133. The van der Waals surface area contributed by atoms with Gasteiger partial charge < -0.3 is 14.9 Å². The SMILES string of the molecule is O=C(O)CSc1nnc(CO)n1C1CCOC1. The Morgan fingerprint density at radius 1 is 1.59 bits per heavy atom. The maximum Gasteiger partial charge on any atom is 0.313 e. The molecule has 0 amide bonds. The van der Waals surface area contributed by atoms with Gasteiger partial charge in [0.05, 0.1) is 18.4 Å². The molecule has 1 unspecified atom stereocenters. The van der Waals surface area contributed by atoms with E-state index in [2.05, 4.69) is 10.2 Å². The predicted octanol–water partition coefficient (Wildman–Crippen LogP) is -0.0915. The predicted molar refractivity (Wildman–Crippen MR) is 58.8 cm³/mol. The van der Waals surface area contributed by atoms with Crippen molar-refractivity contribution in [2.75, 3.05) is 19.0 Å². The minimum absolute atomic E-state index is 0.0723. The fourth-order valence-corrected chi connectivity index (χ4v) is 2.48. The molecular weight excluding hydrogens is 246 g/mol. The third-order valence-corrected chi connectivity index (χ3v) is 3.40. The highest BCUT2D eigenvalue weighted by atomic mass is 32.2. The molecule has 17 heavy (non-hydrogen) atoms. The topological polar surface area (TPSA) is 97.5 Å². The van der Waals surface area contributed by atoms with E-state index in [4.69, 9.17) is 9.84 Å². The first kappa shape index (κ1) is 12.3. The number of aliphatic carboxylic acids is 1. The van der Waals surface area contributed by atoms with E-state index in [1.807, 2.05) is 0 Å². The fourth-order valence-electron chi connectivity index (χ4n) is 1.73. The molecule has 2 heterocycles. The maximum absolute atomic E-state index is 10.5. The van der Waals surface area contributed by atoms with Crippen molar-refractivity contribution in [3.63, 3.8) is 0 Å². The quantitative estimate of drug-likeness (QED) is 0.713. The normalized spacial score (nSPS) is 19.7. The van der Waals surface area contributed by atoms with E-state index in [1.165, 1.54) is 0 Å². The van der Waals surface area contributed by atoms with Gasteiger partial charge in [0.15, 0.2) is 11.0 Å². The van der Waals surface area contributed by atoms with E-state index < -0.39 is 5.97 Å². The number of hydrogen-bond donors (Lipinski definition) is 2. The lowest BCUT2D eigenvalue weighted by Crippen LogP contribution is -2.14. The number of aliphatic hydroxyl groups excluding tert-OH is 1. The molecule has 2 N–H and O–H groups in total. The van der Waals surface area contributed by atoms with Gasteiger partial charge in [-0.15, -0.1) is 10.2 Å². The van der Waals surface area contributed by atoms with Crippen LogP contribution < -0.4 is 0 Å². The molecular formula is C9H13N3O4S. The van der Waals surface area contributed by atoms with E-state index in [0.29, 0.717) is 24.2 Å². The second-order valence-electron chi connectivity index (χ2n) is 3.63. The number of carboxylic acids is 1. The van der Waals surface area contributed by atoms with Crippen molar-refractivity contribution in [3.8, 4) is 0 Å².